The third kappa shape index (κ3) is 0.937. The lowest BCUT2D eigenvalue weighted by atomic mass is 9.73. The van der Waals surface area contributed by atoms with Crippen molar-refractivity contribution in [3.63, 3.8) is 0 Å². The van der Waals surface area contributed by atoms with Crippen molar-refractivity contribution in [2.45, 2.75) is 38.3 Å². The number of aliphatic carboxylic acids is 1. The van der Waals surface area contributed by atoms with E-state index in [9.17, 15) is 4.79 Å². The fraction of sp³-hybridized carbons (Fsp3) is 0.909. The molecular formula is C11H17NO2. The molecule has 0 aromatic rings. The largest absolute Gasteiger partial charge is 0.481 e. The third-order valence-electron chi connectivity index (χ3n) is 4.62. The van der Waals surface area contributed by atoms with Crippen LogP contribution in [0, 0.1) is 17.8 Å². The Kier molecular flexibility index (Phi) is 1.69. The third-order valence-corrected chi connectivity index (χ3v) is 4.62. The fourth-order valence-corrected chi connectivity index (χ4v) is 3.55. The molecule has 4 rings (SSSR count). The summed E-state index contributed by atoms with van der Waals surface area (Å²) in [5.74, 6) is 0.651. The summed E-state index contributed by atoms with van der Waals surface area (Å²) in [5, 5.41) is 9.04. The Morgan fingerprint density at radius 3 is 2.57 bits per heavy atom. The van der Waals surface area contributed by atoms with E-state index in [1.165, 1.54) is 12.8 Å². The Balaban J connectivity index is 1.71. The summed E-state index contributed by atoms with van der Waals surface area (Å²) in [6, 6.07) is 1.08. The standard InChI is InChI=1S/C11H17NO2/c1-6-2-3-8(6)12-5-7-4-9(12)10(7)11(13)14/h6-10H,2-5H2,1H3,(H,13,14). The van der Waals surface area contributed by atoms with Gasteiger partial charge in [0.25, 0.3) is 0 Å². The molecule has 0 spiro atoms. The molecule has 14 heavy (non-hydrogen) atoms. The summed E-state index contributed by atoms with van der Waals surface area (Å²) in [4.78, 5) is 13.5. The number of fused-ring (bicyclic) bond motifs is 1. The molecule has 0 aromatic heterocycles. The second-order valence-electron chi connectivity index (χ2n) is 5.25. The summed E-state index contributed by atoms with van der Waals surface area (Å²) in [7, 11) is 0. The molecular weight excluding hydrogens is 178 g/mol. The minimum Gasteiger partial charge on any atom is -0.481 e. The van der Waals surface area contributed by atoms with Crippen LogP contribution < -0.4 is 0 Å². The molecule has 78 valence electrons. The first-order valence-electron chi connectivity index (χ1n) is 5.67. The molecule has 4 aliphatic rings. The van der Waals surface area contributed by atoms with Crippen molar-refractivity contribution in [3.8, 4) is 0 Å². The van der Waals surface area contributed by atoms with Gasteiger partial charge in [-0.15, -0.1) is 0 Å². The van der Waals surface area contributed by atoms with Crippen molar-refractivity contribution in [3.05, 3.63) is 0 Å². The average Bonchev–Trinajstić information content (AvgIpc) is 2.57. The maximum Gasteiger partial charge on any atom is 0.308 e. The topological polar surface area (TPSA) is 40.5 Å². The van der Waals surface area contributed by atoms with Gasteiger partial charge in [0, 0.05) is 18.6 Å². The Morgan fingerprint density at radius 2 is 2.14 bits per heavy atom. The van der Waals surface area contributed by atoms with Crippen LogP contribution in [-0.4, -0.2) is 34.6 Å². The zero-order valence-corrected chi connectivity index (χ0v) is 8.52. The first-order valence-corrected chi connectivity index (χ1v) is 5.67. The second kappa shape index (κ2) is 2.72. The Morgan fingerprint density at radius 1 is 1.36 bits per heavy atom. The van der Waals surface area contributed by atoms with E-state index >= 15 is 0 Å². The van der Waals surface area contributed by atoms with Crippen LogP contribution in [0.5, 0.6) is 0 Å². The quantitative estimate of drug-likeness (QED) is 0.719. The number of carboxylic acids is 1. The van der Waals surface area contributed by atoms with Gasteiger partial charge in [0.05, 0.1) is 5.92 Å². The molecule has 0 aromatic carbocycles. The molecule has 2 aliphatic heterocycles. The number of hydrogen-bond donors (Lipinski definition) is 1. The van der Waals surface area contributed by atoms with Crippen LogP contribution in [-0.2, 0) is 4.79 Å². The van der Waals surface area contributed by atoms with Gasteiger partial charge < -0.3 is 5.11 Å². The zero-order chi connectivity index (χ0) is 9.87. The minimum atomic E-state index is -0.569. The Hall–Kier alpha value is -0.570. The number of carboxylic acid groups (broad SMARTS) is 1. The molecule has 5 atom stereocenters. The van der Waals surface area contributed by atoms with Crippen molar-refractivity contribution in [2.75, 3.05) is 6.54 Å². The van der Waals surface area contributed by atoms with E-state index in [2.05, 4.69) is 11.8 Å². The van der Waals surface area contributed by atoms with Crippen LogP contribution in [0.2, 0.25) is 0 Å². The molecule has 2 bridgehead atoms. The number of rotatable bonds is 2. The lowest BCUT2D eigenvalue weighted by Crippen LogP contribution is -2.51. The van der Waals surface area contributed by atoms with E-state index in [0.29, 0.717) is 18.0 Å². The fourth-order valence-electron chi connectivity index (χ4n) is 3.55. The molecule has 0 radical (unpaired) electrons. The smallest absolute Gasteiger partial charge is 0.308 e. The van der Waals surface area contributed by atoms with Crippen LogP contribution in [0.3, 0.4) is 0 Å². The maximum absolute atomic E-state index is 11.0. The van der Waals surface area contributed by atoms with Gasteiger partial charge in [-0.1, -0.05) is 6.92 Å². The number of nitrogens with zero attached hydrogens (tertiary/aromatic N) is 1. The summed E-state index contributed by atoms with van der Waals surface area (Å²) >= 11 is 0. The van der Waals surface area contributed by atoms with Crippen LogP contribution in [0.1, 0.15) is 26.2 Å². The summed E-state index contributed by atoms with van der Waals surface area (Å²) in [5.41, 5.74) is 0. The van der Waals surface area contributed by atoms with E-state index in [1.807, 2.05) is 0 Å². The molecule has 1 N–H and O–H groups in total. The Labute approximate surface area is 84.1 Å². The first kappa shape index (κ1) is 8.72. The molecule has 2 saturated carbocycles. The van der Waals surface area contributed by atoms with E-state index in [1.54, 1.807) is 0 Å². The normalized spacial score (nSPS) is 51.1. The summed E-state index contributed by atoms with van der Waals surface area (Å²) < 4.78 is 0. The molecule has 2 saturated heterocycles. The monoisotopic (exact) mass is 195 g/mol. The van der Waals surface area contributed by atoms with Crippen LogP contribution in [0.4, 0.5) is 0 Å². The SMILES string of the molecule is CC1CCC1N1CC2CC1C2C(=O)O. The van der Waals surface area contributed by atoms with Crippen LogP contribution >= 0.6 is 0 Å². The molecule has 3 heteroatoms. The lowest BCUT2D eigenvalue weighted by molar-refractivity contribution is -0.148. The molecule has 4 fully saturated rings. The van der Waals surface area contributed by atoms with Crippen LogP contribution in [0.25, 0.3) is 0 Å². The average molecular weight is 195 g/mol. The maximum atomic E-state index is 11.0. The van der Waals surface area contributed by atoms with Gasteiger partial charge >= 0.3 is 5.97 Å². The van der Waals surface area contributed by atoms with Gasteiger partial charge in [0.15, 0.2) is 0 Å². The van der Waals surface area contributed by atoms with Crippen molar-refractivity contribution in [1.29, 1.82) is 0 Å². The highest BCUT2D eigenvalue weighted by molar-refractivity contribution is 5.73. The predicted octanol–water partition coefficient (Wildman–Crippen LogP) is 1.19. The van der Waals surface area contributed by atoms with Crippen LogP contribution in [0.15, 0.2) is 0 Å². The van der Waals surface area contributed by atoms with Gasteiger partial charge in [-0.05, 0) is 31.1 Å². The van der Waals surface area contributed by atoms with Crippen molar-refractivity contribution >= 4 is 5.97 Å². The highest BCUT2D eigenvalue weighted by Gasteiger charge is 2.58. The lowest BCUT2D eigenvalue weighted by Gasteiger charge is -2.44. The molecule has 3 nitrogen and oxygen atoms in total. The molecule has 5 unspecified atom stereocenters. The van der Waals surface area contributed by atoms with E-state index < -0.39 is 5.97 Å². The van der Waals surface area contributed by atoms with Crippen molar-refractivity contribution in [2.24, 2.45) is 17.8 Å². The number of carbonyl (C=O) groups is 1. The highest BCUT2D eigenvalue weighted by Crippen LogP contribution is 2.50. The predicted molar refractivity (Wildman–Crippen MR) is 51.9 cm³/mol. The molecule has 2 heterocycles. The van der Waals surface area contributed by atoms with E-state index in [-0.39, 0.29) is 5.92 Å². The van der Waals surface area contributed by atoms with Gasteiger partial charge in [0.2, 0.25) is 0 Å². The highest BCUT2D eigenvalue weighted by atomic mass is 16.4. The summed E-state index contributed by atoms with van der Waals surface area (Å²) in [6.45, 7) is 3.34. The van der Waals surface area contributed by atoms with Gasteiger partial charge in [-0.2, -0.15) is 0 Å². The van der Waals surface area contributed by atoms with Gasteiger partial charge in [-0.3, -0.25) is 9.69 Å². The van der Waals surface area contributed by atoms with Gasteiger partial charge in [-0.25, -0.2) is 0 Å². The molecule has 0 amide bonds. The van der Waals surface area contributed by atoms with Gasteiger partial charge in [0.1, 0.15) is 0 Å². The van der Waals surface area contributed by atoms with Crippen molar-refractivity contribution < 1.29 is 9.90 Å². The van der Waals surface area contributed by atoms with Crippen molar-refractivity contribution in [1.82, 2.24) is 4.90 Å². The number of hydrogen-bond acceptors (Lipinski definition) is 2. The second-order valence-corrected chi connectivity index (χ2v) is 5.25. The Bertz CT molecular complexity index is 278. The minimum absolute atomic E-state index is 0.0391. The van der Waals surface area contributed by atoms with E-state index in [4.69, 9.17) is 5.11 Å². The summed E-state index contributed by atoms with van der Waals surface area (Å²) in [6.07, 6.45) is 3.76. The first-order chi connectivity index (χ1) is 6.68. The zero-order valence-electron chi connectivity index (χ0n) is 8.52. The molecule has 2 aliphatic carbocycles. The van der Waals surface area contributed by atoms with E-state index in [0.717, 1.165) is 18.9 Å².